The summed E-state index contributed by atoms with van der Waals surface area (Å²) in [5.74, 6) is 1.61. The third-order valence-electron chi connectivity index (χ3n) is 2.64. The molecule has 17 heavy (non-hydrogen) atoms. The van der Waals surface area contributed by atoms with Gasteiger partial charge in [0, 0.05) is 18.5 Å². The molecule has 1 atom stereocenters. The van der Waals surface area contributed by atoms with Gasteiger partial charge < -0.3 is 10.0 Å². The van der Waals surface area contributed by atoms with Crippen molar-refractivity contribution in [2.24, 2.45) is 0 Å². The van der Waals surface area contributed by atoms with E-state index in [1.165, 1.54) is 0 Å². The quantitative estimate of drug-likeness (QED) is 0.871. The Labute approximate surface area is 111 Å². The van der Waals surface area contributed by atoms with Crippen molar-refractivity contribution in [1.82, 2.24) is 9.97 Å². The van der Waals surface area contributed by atoms with Crippen LogP contribution in [0.2, 0.25) is 0 Å². The molecular formula is C12H20BrN3O. The second-order valence-corrected chi connectivity index (χ2v) is 6.08. The summed E-state index contributed by atoms with van der Waals surface area (Å²) < 4.78 is 0.768. The van der Waals surface area contributed by atoms with Crippen molar-refractivity contribution in [1.29, 1.82) is 0 Å². The summed E-state index contributed by atoms with van der Waals surface area (Å²) in [4.78, 5) is 10.9. The van der Waals surface area contributed by atoms with Gasteiger partial charge in [-0.3, -0.25) is 0 Å². The molecule has 0 radical (unpaired) electrons. The maximum Gasteiger partial charge on any atom is 0.137 e. The number of likely N-dealkylation sites (N-methyl/N-ethyl adjacent to an activating group) is 1. The maximum absolute atomic E-state index is 9.17. The summed E-state index contributed by atoms with van der Waals surface area (Å²) in [7, 11) is 1.92. The van der Waals surface area contributed by atoms with Gasteiger partial charge in [0.05, 0.1) is 12.6 Å². The number of anilines is 1. The SMILES string of the molecule is CC(CO)N(C)c1cc(Br)nc(C(C)(C)C)n1. The molecule has 0 spiro atoms. The van der Waals surface area contributed by atoms with Crippen molar-refractivity contribution in [3.05, 3.63) is 16.5 Å². The maximum atomic E-state index is 9.17. The smallest absolute Gasteiger partial charge is 0.137 e. The number of aliphatic hydroxyl groups excluding tert-OH is 1. The Morgan fingerprint density at radius 3 is 2.47 bits per heavy atom. The highest BCUT2D eigenvalue weighted by Gasteiger charge is 2.20. The zero-order valence-corrected chi connectivity index (χ0v) is 12.6. The third-order valence-corrected chi connectivity index (χ3v) is 3.05. The van der Waals surface area contributed by atoms with Gasteiger partial charge in [0.25, 0.3) is 0 Å². The van der Waals surface area contributed by atoms with Gasteiger partial charge in [0.2, 0.25) is 0 Å². The molecule has 0 fully saturated rings. The zero-order chi connectivity index (χ0) is 13.2. The van der Waals surface area contributed by atoms with Crippen molar-refractivity contribution in [3.63, 3.8) is 0 Å². The van der Waals surface area contributed by atoms with E-state index in [0.717, 1.165) is 16.2 Å². The fraction of sp³-hybridized carbons (Fsp3) is 0.667. The summed E-state index contributed by atoms with van der Waals surface area (Å²) in [6.07, 6.45) is 0. The Kier molecular flexibility index (Phi) is 4.49. The number of halogens is 1. The minimum absolute atomic E-state index is 0.0321. The van der Waals surface area contributed by atoms with E-state index in [1.54, 1.807) is 0 Å². The molecule has 0 aliphatic heterocycles. The van der Waals surface area contributed by atoms with Crippen LogP contribution in [0.1, 0.15) is 33.5 Å². The Hall–Kier alpha value is -0.680. The van der Waals surface area contributed by atoms with Crippen LogP contribution in [0.5, 0.6) is 0 Å². The van der Waals surface area contributed by atoms with Gasteiger partial charge in [-0.2, -0.15) is 0 Å². The summed E-state index contributed by atoms with van der Waals surface area (Å²) in [5, 5.41) is 9.17. The molecular weight excluding hydrogens is 282 g/mol. The first-order valence-electron chi connectivity index (χ1n) is 5.64. The highest BCUT2D eigenvalue weighted by molar-refractivity contribution is 9.10. The number of rotatable bonds is 3. The predicted molar refractivity (Wildman–Crippen MR) is 73.4 cm³/mol. The average Bonchev–Trinajstić information content (AvgIpc) is 2.25. The summed E-state index contributed by atoms with van der Waals surface area (Å²) in [6.45, 7) is 8.28. The van der Waals surface area contributed by atoms with Crippen molar-refractivity contribution in [3.8, 4) is 0 Å². The molecule has 1 unspecified atom stereocenters. The average molecular weight is 302 g/mol. The topological polar surface area (TPSA) is 49.2 Å². The minimum Gasteiger partial charge on any atom is -0.394 e. The number of aromatic nitrogens is 2. The first kappa shape index (κ1) is 14.4. The second kappa shape index (κ2) is 5.31. The Balaban J connectivity index is 3.14. The predicted octanol–water partition coefficient (Wildman–Crippen LogP) is 2.35. The molecule has 5 heteroatoms. The Morgan fingerprint density at radius 2 is 2.00 bits per heavy atom. The van der Waals surface area contributed by atoms with Crippen molar-refractivity contribution >= 4 is 21.7 Å². The molecule has 0 saturated heterocycles. The molecule has 0 saturated carbocycles. The van der Waals surface area contributed by atoms with Crippen LogP contribution < -0.4 is 4.90 Å². The summed E-state index contributed by atoms with van der Waals surface area (Å²) >= 11 is 3.40. The van der Waals surface area contributed by atoms with Gasteiger partial charge in [-0.1, -0.05) is 20.8 Å². The normalized spacial score (nSPS) is 13.6. The van der Waals surface area contributed by atoms with Gasteiger partial charge in [-0.25, -0.2) is 9.97 Å². The molecule has 1 aromatic rings. The molecule has 1 heterocycles. The fourth-order valence-electron chi connectivity index (χ4n) is 1.27. The molecule has 96 valence electrons. The van der Waals surface area contributed by atoms with Crippen LogP contribution >= 0.6 is 15.9 Å². The van der Waals surface area contributed by atoms with Crippen molar-refractivity contribution in [2.45, 2.75) is 39.2 Å². The number of nitrogens with zero attached hydrogens (tertiary/aromatic N) is 3. The Bertz CT molecular complexity index is 390. The largest absolute Gasteiger partial charge is 0.394 e. The monoisotopic (exact) mass is 301 g/mol. The van der Waals surface area contributed by atoms with Gasteiger partial charge in [0.1, 0.15) is 16.2 Å². The highest BCUT2D eigenvalue weighted by atomic mass is 79.9. The molecule has 0 bridgehead atoms. The van der Waals surface area contributed by atoms with Gasteiger partial charge in [-0.15, -0.1) is 0 Å². The summed E-state index contributed by atoms with van der Waals surface area (Å²) in [6, 6.07) is 1.89. The van der Waals surface area contributed by atoms with Crippen molar-refractivity contribution in [2.75, 3.05) is 18.6 Å². The molecule has 4 nitrogen and oxygen atoms in total. The molecule has 1 N–H and O–H groups in total. The summed E-state index contributed by atoms with van der Waals surface area (Å²) in [5.41, 5.74) is -0.0954. The van der Waals surface area contributed by atoms with E-state index in [9.17, 15) is 0 Å². The highest BCUT2D eigenvalue weighted by Crippen LogP contribution is 2.24. The van der Waals surface area contributed by atoms with Crippen LogP contribution in [-0.4, -0.2) is 34.8 Å². The molecule has 1 aromatic heterocycles. The number of hydrogen-bond donors (Lipinski definition) is 1. The van der Waals surface area contributed by atoms with Crippen LogP contribution in [0.4, 0.5) is 5.82 Å². The lowest BCUT2D eigenvalue weighted by atomic mass is 9.96. The molecule has 0 aliphatic rings. The number of aliphatic hydroxyl groups is 1. The van der Waals surface area contributed by atoms with Crippen LogP contribution in [0.25, 0.3) is 0 Å². The van der Waals surface area contributed by atoms with Crippen molar-refractivity contribution < 1.29 is 5.11 Å². The van der Waals surface area contributed by atoms with Gasteiger partial charge in [0.15, 0.2) is 0 Å². The molecule has 0 amide bonds. The standard InChI is InChI=1S/C12H20BrN3O/c1-8(7-17)16(5)10-6-9(13)14-11(15-10)12(2,3)4/h6,8,17H,7H2,1-5H3. The van der Waals surface area contributed by atoms with Crippen LogP contribution in [0, 0.1) is 0 Å². The van der Waals surface area contributed by atoms with E-state index >= 15 is 0 Å². The van der Waals surface area contributed by atoms with E-state index in [4.69, 9.17) is 5.11 Å². The molecule has 1 rings (SSSR count). The minimum atomic E-state index is -0.0954. The third kappa shape index (κ3) is 3.64. The first-order chi connectivity index (χ1) is 7.75. The first-order valence-corrected chi connectivity index (χ1v) is 6.43. The van der Waals surface area contributed by atoms with Crippen LogP contribution in [0.3, 0.4) is 0 Å². The van der Waals surface area contributed by atoms with Crippen LogP contribution in [-0.2, 0) is 5.41 Å². The van der Waals surface area contributed by atoms with E-state index < -0.39 is 0 Å². The van der Waals surface area contributed by atoms with Gasteiger partial charge in [-0.05, 0) is 22.9 Å². The van der Waals surface area contributed by atoms with E-state index in [2.05, 4.69) is 46.7 Å². The van der Waals surface area contributed by atoms with Crippen LogP contribution in [0.15, 0.2) is 10.7 Å². The number of hydrogen-bond acceptors (Lipinski definition) is 4. The van der Waals surface area contributed by atoms with Gasteiger partial charge >= 0.3 is 0 Å². The second-order valence-electron chi connectivity index (χ2n) is 5.26. The fourth-order valence-corrected chi connectivity index (χ4v) is 1.64. The lowest BCUT2D eigenvalue weighted by Crippen LogP contribution is -2.33. The van der Waals surface area contributed by atoms with E-state index in [0.29, 0.717) is 0 Å². The molecule has 0 aromatic carbocycles. The zero-order valence-electron chi connectivity index (χ0n) is 11.0. The Morgan fingerprint density at radius 1 is 1.41 bits per heavy atom. The van der Waals surface area contributed by atoms with E-state index in [1.807, 2.05) is 24.9 Å². The molecule has 0 aliphatic carbocycles. The van der Waals surface area contributed by atoms with E-state index in [-0.39, 0.29) is 18.1 Å². The lowest BCUT2D eigenvalue weighted by molar-refractivity contribution is 0.269. The lowest BCUT2D eigenvalue weighted by Gasteiger charge is -2.26.